The van der Waals surface area contributed by atoms with Gasteiger partial charge in [0.15, 0.2) is 11.2 Å². The van der Waals surface area contributed by atoms with E-state index in [1.54, 1.807) is 10.9 Å². The van der Waals surface area contributed by atoms with Gasteiger partial charge < -0.3 is 14.4 Å². The van der Waals surface area contributed by atoms with E-state index in [4.69, 9.17) is 4.74 Å². The van der Waals surface area contributed by atoms with Crippen LogP contribution in [0.2, 0.25) is 0 Å². The van der Waals surface area contributed by atoms with Gasteiger partial charge in [0.05, 0.1) is 12.9 Å². The van der Waals surface area contributed by atoms with Gasteiger partial charge in [-0.3, -0.25) is 13.9 Å². The van der Waals surface area contributed by atoms with E-state index in [0.29, 0.717) is 35.9 Å². The van der Waals surface area contributed by atoms with Crippen molar-refractivity contribution in [3.8, 4) is 5.75 Å². The van der Waals surface area contributed by atoms with Crippen molar-refractivity contribution in [3.63, 3.8) is 0 Å². The maximum atomic E-state index is 13.3. The van der Waals surface area contributed by atoms with Crippen molar-refractivity contribution < 1.29 is 9.84 Å². The van der Waals surface area contributed by atoms with Gasteiger partial charge in [-0.05, 0) is 36.0 Å². The highest BCUT2D eigenvalue weighted by Gasteiger charge is 2.21. The molecule has 174 valence electrons. The molecule has 0 amide bonds. The molecule has 0 saturated heterocycles. The van der Waals surface area contributed by atoms with E-state index in [9.17, 15) is 14.7 Å². The molecular formula is C24H34N4O4. The Hall–Kier alpha value is -2.87. The van der Waals surface area contributed by atoms with Crippen LogP contribution in [0.1, 0.15) is 40.2 Å². The second-order valence-electron chi connectivity index (χ2n) is 9.13. The molecule has 0 aliphatic carbocycles. The van der Waals surface area contributed by atoms with E-state index in [2.05, 4.69) is 25.8 Å². The Balaban J connectivity index is 1.93. The molecule has 0 radical (unpaired) electrons. The number of aromatic nitrogens is 4. The van der Waals surface area contributed by atoms with Gasteiger partial charge in [-0.2, -0.15) is 0 Å². The molecule has 32 heavy (non-hydrogen) atoms. The van der Waals surface area contributed by atoms with Crippen LogP contribution in [0.4, 0.5) is 0 Å². The van der Waals surface area contributed by atoms with Crippen molar-refractivity contribution in [2.75, 3.05) is 6.61 Å². The van der Waals surface area contributed by atoms with Crippen molar-refractivity contribution in [1.82, 2.24) is 18.7 Å². The summed E-state index contributed by atoms with van der Waals surface area (Å²) in [5, 5.41) is 10.6. The smallest absolute Gasteiger partial charge is 0.332 e. The summed E-state index contributed by atoms with van der Waals surface area (Å²) >= 11 is 0. The molecule has 8 heteroatoms. The Morgan fingerprint density at radius 3 is 2.41 bits per heavy atom. The van der Waals surface area contributed by atoms with Crippen molar-refractivity contribution in [3.05, 3.63) is 57.0 Å². The fourth-order valence-corrected chi connectivity index (χ4v) is 3.77. The van der Waals surface area contributed by atoms with Gasteiger partial charge in [-0.25, -0.2) is 9.78 Å². The van der Waals surface area contributed by atoms with Gasteiger partial charge in [-0.15, -0.1) is 0 Å². The Labute approximate surface area is 188 Å². The summed E-state index contributed by atoms with van der Waals surface area (Å²) < 4.78 is 10.2. The van der Waals surface area contributed by atoms with Gasteiger partial charge in [0, 0.05) is 13.1 Å². The molecule has 1 unspecified atom stereocenters. The number of rotatable bonds is 10. The van der Waals surface area contributed by atoms with Gasteiger partial charge >= 0.3 is 5.69 Å². The number of aryl methyl sites for hydroxylation is 1. The highest BCUT2D eigenvalue weighted by atomic mass is 16.5. The molecule has 3 rings (SSSR count). The van der Waals surface area contributed by atoms with Gasteiger partial charge in [-0.1, -0.05) is 46.8 Å². The minimum absolute atomic E-state index is 0.0213. The zero-order valence-electron chi connectivity index (χ0n) is 19.6. The van der Waals surface area contributed by atoms with Crippen LogP contribution < -0.4 is 16.0 Å². The van der Waals surface area contributed by atoms with Gasteiger partial charge in [0.2, 0.25) is 0 Å². The molecule has 0 spiro atoms. The van der Waals surface area contributed by atoms with E-state index in [0.717, 1.165) is 16.6 Å². The summed E-state index contributed by atoms with van der Waals surface area (Å²) in [6.45, 7) is 11.1. The van der Waals surface area contributed by atoms with Crippen molar-refractivity contribution >= 4 is 11.2 Å². The standard InChI is InChI=1S/C24H34N4O4/c1-6-18-8-7-9-20(10-18)32-14-19(29)13-28-23(30)21-22(25-15-26(21)11-16(2)3)27(24(28)31)12-17(4)5/h7-10,15-17,19,29H,6,11-14H2,1-5H3. The quantitative estimate of drug-likeness (QED) is 0.521. The van der Waals surface area contributed by atoms with Gasteiger partial charge in [0.25, 0.3) is 5.56 Å². The molecule has 8 nitrogen and oxygen atoms in total. The predicted octanol–water partition coefficient (Wildman–Crippen LogP) is 2.67. The third kappa shape index (κ3) is 5.30. The number of aliphatic hydroxyl groups excluding tert-OH is 1. The molecule has 1 N–H and O–H groups in total. The molecule has 1 aromatic carbocycles. The number of ether oxygens (including phenoxy) is 1. The van der Waals surface area contributed by atoms with E-state index in [1.807, 2.05) is 38.1 Å². The number of fused-ring (bicyclic) bond motifs is 1. The van der Waals surface area contributed by atoms with E-state index in [1.165, 1.54) is 4.57 Å². The lowest BCUT2D eigenvalue weighted by Crippen LogP contribution is -2.44. The summed E-state index contributed by atoms with van der Waals surface area (Å²) in [6, 6.07) is 7.66. The van der Waals surface area contributed by atoms with Crippen LogP contribution in [0.15, 0.2) is 40.2 Å². The first-order valence-corrected chi connectivity index (χ1v) is 11.3. The average Bonchev–Trinajstić information content (AvgIpc) is 3.15. The second-order valence-corrected chi connectivity index (χ2v) is 9.13. The molecule has 0 aliphatic rings. The summed E-state index contributed by atoms with van der Waals surface area (Å²) in [6.07, 6.45) is 1.48. The molecular weight excluding hydrogens is 408 g/mol. The predicted molar refractivity (Wildman–Crippen MR) is 125 cm³/mol. The zero-order chi connectivity index (χ0) is 23.4. The largest absolute Gasteiger partial charge is 0.491 e. The Kier molecular flexibility index (Phi) is 7.56. The normalized spacial score (nSPS) is 12.8. The first-order valence-electron chi connectivity index (χ1n) is 11.3. The molecule has 0 saturated carbocycles. The van der Waals surface area contributed by atoms with Crippen molar-refractivity contribution in [2.45, 2.75) is 66.8 Å². The first kappa shape index (κ1) is 23.8. The number of hydrogen-bond donors (Lipinski definition) is 1. The fourth-order valence-electron chi connectivity index (χ4n) is 3.77. The van der Waals surface area contributed by atoms with Crippen LogP contribution in [0.3, 0.4) is 0 Å². The van der Waals surface area contributed by atoms with Crippen molar-refractivity contribution in [1.29, 1.82) is 0 Å². The minimum Gasteiger partial charge on any atom is -0.491 e. The van der Waals surface area contributed by atoms with Crippen LogP contribution in [0, 0.1) is 11.8 Å². The second kappa shape index (κ2) is 10.2. The third-order valence-electron chi connectivity index (χ3n) is 5.24. The molecule has 0 aliphatic heterocycles. The van der Waals surface area contributed by atoms with Gasteiger partial charge in [0.1, 0.15) is 18.5 Å². The van der Waals surface area contributed by atoms with Crippen molar-refractivity contribution in [2.24, 2.45) is 11.8 Å². The fraction of sp³-hybridized carbons (Fsp3) is 0.542. The van der Waals surface area contributed by atoms with Crippen LogP contribution in [0.25, 0.3) is 11.2 Å². The lowest BCUT2D eigenvalue weighted by Gasteiger charge is -2.17. The monoisotopic (exact) mass is 442 g/mol. The highest BCUT2D eigenvalue weighted by molar-refractivity contribution is 5.70. The summed E-state index contributed by atoms with van der Waals surface area (Å²) in [5.74, 6) is 1.15. The summed E-state index contributed by atoms with van der Waals surface area (Å²) in [5.41, 5.74) is 1.03. The molecule has 2 heterocycles. The first-order chi connectivity index (χ1) is 15.2. The van der Waals surface area contributed by atoms with E-state index < -0.39 is 17.4 Å². The number of hydrogen-bond acceptors (Lipinski definition) is 5. The number of aliphatic hydroxyl groups is 1. The average molecular weight is 443 g/mol. The van der Waals surface area contributed by atoms with Crippen LogP contribution >= 0.6 is 0 Å². The number of imidazole rings is 1. The SMILES string of the molecule is CCc1cccc(OCC(O)Cn2c(=O)c3c(ncn3CC(C)C)n(CC(C)C)c2=O)c1. The minimum atomic E-state index is -1.02. The summed E-state index contributed by atoms with van der Waals surface area (Å²) in [4.78, 5) is 30.9. The number of nitrogens with zero attached hydrogens (tertiary/aromatic N) is 4. The van der Waals surface area contributed by atoms with E-state index >= 15 is 0 Å². The Bertz CT molecular complexity index is 1170. The zero-order valence-corrected chi connectivity index (χ0v) is 19.6. The maximum absolute atomic E-state index is 13.3. The summed E-state index contributed by atoms with van der Waals surface area (Å²) in [7, 11) is 0. The lowest BCUT2D eigenvalue weighted by molar-refractivity contribution is 0.0900. The molecule has 2 aromatic heterocycles. The lowest BCUT2D eigenvalue weighted by atomic mass is 10.2. The molecule has 0 fully saturated rings. The highest BCUT2D eigenvalue weighted by Crippen LogP contribution is 2.14. The van der Waals surface area contributed by atoms with E-state index in [-0.39, 0.29) is 19.1 Å². The molecule has 3 aromatic rings. The van der Waals surface area contributed by atoms with Crippen LogP contribution in [-0.2, 0) is 26.1 Å². The van der Waals surface area contributed by atoms with Crippen LogP contribution in [-0.4, -0.2) is 36.5 Å². The topological polar surface area (TPSA) is 91.3 Å². The third-order valence-corrected chi connectivity index (χ3v) is 5.24. The molecule has 1 atom stereocenters. The maximum Gasteiger partial charge on any atom is 0.332 e. The van der Waals surface area contributed by atoms with Crippen LogP contribution in [0.5, 0.6) is 5.75 Å². The molecule has 0 bridgehead atoms. The number of benzene rings is 1. The Morgan fingerprint density at radius 1 is 1.03 bits per heavy atom. The Morgan fingerprint density at radius 2 is 1.75 bits per heavy atom.